The number of ether oxygens (including phenoxy) is 4. The van der Waals surface area contributed by atoms with Crippen LogP contribution in [-0.2, 0) is 23.7 Å². The summed E-state index contributed by atoms with van der Waals surface area (Å²) in [4.78, 5) is 13.3. The van der Waals surface area contributed by atoms with E-state index in [4.69, 9.17) is 18.9 Å². The molecule has 14 nitrogen and oxygen atoms in total. The van der Waals surface area contributed by atoms with Crippen molar-refractivity contribution in [1.29, 1.82) is 0 Å². The first-order chi connectivity index (χ1) is 42.1. The minimum Gasteiger partial charge on any atom is -0.394 e. The molecule has 0 bridgehead atoms. The molecule has 2 heterocycles. The van der Waals surface area contributed by atoms with Crippen molar-refractivity contribution in [2.45, 2.75) is 383 Å². The number of aliphatic hydroxyl groups is 8. The van der Waals surface area contributed by atoms with Crippen molar-refractivity contribution >= 4 is 5.91 Å². The van der Waals surface area contributed by atoms with E-state index >= 15 is 0 Å². The normalized spacial score (nSPS) is 23.7. The predicted octanol–water partition coefficient (Wildman–Crippen LogP) is 14.7. The fourth-order valence-electron chi connectivity index (χ4n) is 11.7. The molecule has 0 spiro atoms. The zero-order chi connectivity index (χ0) is 62.3. The molecule has 14 heteroatoms. The summed E-state index contributed by atoms with van der Waals surface area (Å²) >= 11 is 0. The van der Waals surface area contributed by atoms with E-state index in [1.165, 1.54) is 231 Å². The molecule has 1 amide bonds. The zero-order valence-corrected chi connectivity index (χ0v) is 54.8. The van der Waals surface area contributed by atoms with Crippen LogP contribution >= 0.6 is 0 Å². The Morgan fingerprint density at radius 1 is 0.407 bits per heavy atom. The monoisotopic (exact) mass is 1220 g/mol. The molecule has 0 aliphatic carbocycles. The quantitative estimate of drug-likeness (QED) is 0.0204. The second kappa shape index (κ2) is 56.9. The lowest BCUT2D eigenvalue weighted by molar-refractivity contribution is -0.359. The van der Waals surface area contributed by atoms with Gasteiger partial charge in [-0.25, -0.2) is 0 Å². The van der Waals surface area contributed by atoms with Gasteiger partial charge in [0.05, 0.1) is 32.0 Å². The third-order valence-electron chi connectivity index (χ3n) is 17.5. The van der Waals surface area contributed by atoms with E-state index in [1.54, 1.807) is 6.08 Å². The summed E-state index contributed by atoms with van der Waals surface area (Å²) in [6.07, 6.45) is 57.4. The van der Waals surface area contributed by atoms with Gasteiger partial charge in [0, 0.05) is 6.42 Å². The topological polar surface area (TPSA) is 228 Å². The number of aliphatic hydroxyl groups excluding tert-OH is 8. The van der Waals surface area contributed by atoms with Gasteiger partial charge in [-0.3, -0.25) is 4.79 Å². The Bertz CT molecular complexity index is 1630. The maximum Gasteiger partial charge on any atom is 0.220 e. The van der Waals surface area contributed by atoms with Crippen LogP contribution in [0.1, 0.15) is 309 Å². The van der Waals surface area contributed by atoms with Crippen molar-refractivity contribution in [1.82, 2.24) is 5.32 Å². The van der Waals surface area contributed by atoms with E-state index in [2.05, 4.69) is 55.6 Å². The lowest BCUT2D eigenvalue weighted by Gasteiger charge is -2.46. The number of carbonyl (C=O) groups is 1. The Labute approximate surface area is 524 Å². The Morgan fingerprint density at radius 2 is 0.744 bits per heavy atom. The van der Waals surface area contributed by atoms with Crippen molar-refractivity contribution in [2.24, 2.45) is 0 Å². The average Bonchev–Trinajstić information content (AvgIpc) is 2.54. The van der Waals surface area contributed by atoms with Gasteiger partial charge < -0.3 is 65.1 Å². The van der Waals surface area contributed by atoms with Gasteiger partial charge in [0.15, 0.2) is 12.6 Å². The Morgan fingerprint density at radius 3 is 1.14 bits per heavy atom. The molecule has 0 radical (unpaired) electrons. The second-order valence-corrected chi connectivity index (χ2v) is 25.3. The van der Waals surface area contributed by atoms with Gasteiger partial charge in [-0.15, -0.1) is 0 Å². The summed E-state index contributed by atoms with van der Waals surface area (Å²) in [6, 6.07) is -0.940. The van der Waals surface area contributed by atoms with Gasteiger partial charge in [-0.1, -0.05) is 281 Å². The van der Waals surface area contributed by atoms with Gasteiger partial charge in [-0.05, 0) is 70.6 Å². The highest BCUT2D eigenvalue weighted by Crippen LogP contribution is 2.30. The average molecular weight is 1220 g/mol. The van der Waals surface area contributed by atoms with Gasteiger partial charge in [-0.2, -0.15) is 0 Å². The molecule has 2 aliphatic rings. The molecule has 12 atom stereocenters. The minimum atomic E-state index is -1.79. The van der Waals surface area contributed by atoms with Crippen LogP contribution in [0.3, 0.4) is 0 Å². The Hall–Kier alpha value is -2.05. The molecule has 504 valence electrons. The van der Waals surface area contributed by atoms with Crippen LogP contribution in [0.5, 0.6) is 0 Å². The molecule has 9 N–H and O–H groups in total. The largest absolute Gasteiger partial charge is 0.394 e. The standard InChI is InChI=1S/C72H133NO13/c1-3-5-7-9-11-13-15-17-19-21-23-25-27-29-30-32-33-35-37-39-41-43-45-47-49-51-53-55-61(76)60(59-83-71-69(82)67(80)70(63(58-75)85-71)86-72-68(81)66(79)65(78)62(57-74)84-72)73-64(77)56-54-52-50-48-46-44-42-40-38-36-34-31-28-26-24-22-20-18-16-14-12-10-8-6-4-2/h22,24,37,39,45,47,53,55,60-63,65-72,74-76,78-82H,3-21,23,25-36,38,40-44,46,48-52,54,56-59H2,1-2H3,(H,73,77)/b24-22-,39-37+,47-45+,55-53+. The molecule has 2 aliphatic heterocycles. The first-order valence-corrected chi connectivity index (χ1v) is 35.9. The van der Waals surface area contributed by atoms with Gasteiger partial charge >= 0.3 is 0 Å². The maximum absolute atomic E-state index is 13.3. The highest BCUT2D eigenvalue weighted by molar-refractivity contribution is 5.76. The molecule has 0 saturated carbocycles. The van der Waals surface area contributed by atoms with Crippen LogP contribution in [0, 0.1) is 0 Å². The van der Waals surface area contributed by atoms with E-state index in [9.17, 15) is 45.6 Å². The van der Waals surface area contributed by atoms with E-state index in [-0.39, 0.29) is 18.9 Å². The van der Waals surface area contributed by atoms with Crippen molar-refractivity contribution < 1.29 is 64.6 Å². The third-order valence-corrected chi connectivity index (χ3v) is 17.5. The van der Waals surface area contributed by atoms with Crippen molar-refractivity contribution in [3.05, 3.63) is 48.6 Å². The van der Waals surface area contributed by atoms with E-state index in [1.807, 2.05) is 6.08 Å². The fraction of sp³-hybridized carbons (Fsp3) is 0.875. The first-order valence-electron chi connectivity index (χ1n) is 35.9. The van der Waals surface area contributed by atoms with Crippen LogP contribution in [0.25, 0.3) is 0 Å². The predicted molar refractivity (Wildman–Crippen MR) is 351 cm³/mol. The van der Waals surface area contributed by atoms with Gasteiger partial charge in [0.25, 0.3) is 0 Å². The molecule has 0 aromatic carbocycles. The number of unbranched alkanes of at least 4 members (excludes halogenated alkanes) is 40. The molecular formula is C72H133NO13. The maximum atomic E-state index is 13.3. The third kappa shape index (κ3) is 40.6. The van der Waals surface area contributed by atoms with Crippen LogP contribution < -0.4 is 5.32 Å². The van der Waals surface area contributed by atoms with Crippen LogP contribution in [0.4, 0.5) is 0 Å². The molecule has 2 fully saturated rings. The first kappa shape index (κ1) is 80.0. The lowest BCUT2D eigenvalue weighted by Crippen LogP contribution is -2.65. The summed E-state index contributed by atoms with van der Waals surface area (Å²) in [5.74, 6) is -0.250. The van der Waals surface area contributed by atoms with E-state index in [0.29, 0.717) is 12.8 Å². The van der Waals surface area contributed by atoms with E-state index in [0.717, 1.165) is 44.9 Å². The number of allylic oxidation sites excluding steroid dienone is 7. The smallest absolute Gasteiger partial charge is 0.220 e. The summed E-state index contributed by atoms with van der Waals surface area (Å²) < 4.78 is 22.8. The second-order valence-electron chi connectivity index (χ2n) is 25.3. The van der Waals surface area contributed by atoms with Gasteiger partial charge in [0.1, 0.15) is 48.8 Å². The highest BCUT2D eigenvalue weighted by atomic mass is 16.7. The van der Waals surface area contributed by atoms with Crippen LogP contribution in [0.15, 0.2) is 48.6 Å². The molecule has 86 heavy (non-hydrogen) atoms. The fourth-order valence-corrected chi connectivity index (χ4v) is 11.7. The molecule has 0 aromatic rings. The van der Waals surface area contributed by atoms with Crippen LogP contribution in [-0.4, -0.2) is 140 Å². The molecule has 12 unspecified atom stereocenters. The summed E-state index contributed by atoms with van der Waals surface area (Å²) in [6.45, 7) is 2.82. The van der Waals surface area contributed by atoms with Crippen molar-refractivity contribution in [3.8, 4) is 0 Å². The molecule has 2 saturated heterocycles. The van der Waals surface area contributed by atoms with Crippen molar-refractivity contribution in [2.75, 3.05) is 19.8 Å². The minimum absolute atomic E-state index is 0.250. The highest BCUT2D eigenvalue weighted by Gasteiger charge is 2.51. The molecule has 0 aromatic heterocycles. The SMILES string of the molecule is CCCCCCCCCC/C=C\CCCCCCCCCCCCCCCC(=O)NC(COC1OC(CO)C(OC2OC(CO)C(O)C(O)C2O)C(O)C1O)C(O)/C=C/CC/C=C/CC/C=C/CCCCCCCCCCCCCCCCCCC. The number of hydrogen-bond acceptors (Lipinski definition) is 13. The summed E-state index contributed by atoms with van der Waals surface area (Å²) in [5.41, 5.74) is 0. The number of amides is 1. The Balaban J connectivity index is 1.70. The summed E-state index contributed by atoms with van der Waals surface area (Å²) in [5, 5.41) is 87.4. The van der Waals surface area contributed by atoms with Crippen LogP contribution in [0.2, 0.25) is 0 Å². The number of rotatable bonds is 59. The molecule has 2 rings (SSSR count). The number of carbonyl (C=O) groups excluding carboxylic acids is 1. The van der Waals surface area contributed by atoms with Gasteiger partial charge in [0.2, 0.25) is 5.91 Å². The Kier molecular flexibility index (Phi) is 53.0. The van der Waals surface area contributed by atoms with Crippen molar-refractivity contribution in [3.63, 3.8) is 0 Å². The number of hydrogen-bond donors (Lipinski definition) is 9. The lowest BCUT2D eigenvalue weighted by atomic mass is 9.97. The zero-order valence-electron chi connectivity index (χ0n) is 54.8. The van der Waals surface area contributed by atoms with E-state index < -0.39 is 86.8 Å². The molecular weight excluding hydrogens is 1090 g/mol. The summed E-state index contributed by atoms with van der Waals surface area (Å²) in [7, 11) is 0. The number of nitrogens with one attached hydrogen (secondary N) is 1.